The summed E-state index contributed by atoms with van der Waals surface area (Å²) >= 11 is 3.27. The van der Waals surface area contributed by atoms with Gasteiger partial charge in [-0.25, -0.2) is 0 Å². The van der Waals surface area contributed by atoms with Crippen LogP contribution in [0.3, 0.4) is 0 Å². The Morgan fingerprint density at radius 2 is 2.24 bits per heavy atom. The van der Waals surface area contributed by atoms with Crippen LogP contribution in [0.5, 0.6) is 5.75 Å². The second kappa shape index (κ2) is 6.45. The Bertz CT molecular complexity index is 449. The first-order valence-corrected chi connectivity index (χ1v) is 6.32. The number of phenols is 1. The van der Waals surface area contributed by atoms with Gasteiger partial charge in [-0.1, -0.05) is 13.3 Å². The molecule has 0 aliphatic carbocycles. The minimum atomic E-state index is 0.214. The summed E-state index contributed by atoms with van der Waals surface area (Å²) in [7, 11) is 0. The molecule has 1 rings (SSSR count). The molecule has 0 radical (unpaired) electrons. The lowest BCUT2D eigenvalue weighted by Gasteiger charge is -2.03. The van der Waals surface area contributed by atoms with Crippen molar-refractivity contribution >= 4 is 27.3 Å². The Morgan fingerprint density at radius 3 is 2.76 bits per heavy atom. The normalized spacial score (nSPS) is 12.9. The summed E-state index contributed by atoms with van der Waals surface area (Å²) in [6.07, 6.45) is 3.78. The molecule has 0 saturated carbocycles. The first kappa shape index (κ1) is 13.8. The fourth-order valence-electron chi connectivity index (χ4n) is 1.41. The maximum Gasteiger partial charge on any atom is 0.129 e. The van der Waals surface area contributed by atoms with Crippen LogP contribution in [-0.2, 0) is 0 Å². The second-order valence-electron chi connectivity index (χ2n) is 3.88. The lowest BCUT2D eigenvalue weighted by Crippen LogP contribution is -1.99. The van der Waals surface area contributed by atoms with E-state index in [0.29, 0.717) is 4.47 Å². The zero-order valence-electron chi connectivity index (χ0n) is 10.1. The molecule has 0 atom stereocenters. The second-order valence-corrected chi connectivity index (χ2v) is 4.73. The summed E-state index contributed by atoms with van der Waals surface area (Å²) in [4.78, 5) is 4.51. The maximum absolute atomic E-state index is 9.40. The topological polar surface area (TPSA) is 58.6 Å². The largest absolute Gasteiger partial charge is 0.507 e. The zero-order chi connectivity index (χ0) is 12.8. The van der Waals surface area contributed by atoms with Crippen molar-refractivity contribution in [1.82, 2.24) is 0 Å². The molecule has 17 heavy (non-hydrogen) atoms. The van der Waals surface area contributed by atoms with Gasteiger partial charge in [0.2, 0.25) is 0 Å². The highest BCUT2D eigenvalue weighted by molar-refractivity contribution is 9.10. The van der Waals surface area contributed by atoms with Crippen LogP contribution in [0.1, 0.15) is 26.7 Å². The molecule has 3 nitrogen and oxygen atoms in total. The molecule has 0 aliphatic heterocycles. The van der Waals surface area contributed by atoms with Crippen LogP contribution in [0.4, 0.5) is 5.69 Å². The van der Waals surface area contributed by atoms with Crippen molar-refractivity contribution in [2.24, 2.45) is 10.7 Å². The fraction of sp³-hybridized carbons (Fsp3) is 0.308. The number of nitrogens with zero attached hydrogens (tertiary/aromatic N) is 1. The van der Waals surface area contributed by atoms with Gasteiger partial charge in [-0.15, -0.1) is 0 Å². The number of hydrogen-bond donors (Lipinski definition) is 2. The summed E-state index contributed by atoms with van der Waals surface area (Å²) in [5.41, 5.74) is 8.16. The van der Waals surface area contributed by atoms with E-state index in [-0.39, 0.29) is 5.75 Å². The van der Waals surface area contributed by atoms with Crippen LogP contribution in [0.25, 0.3) is 0 Å². The van der Waals surface area contributed by atoms with Crippen LogP contribution in [0.2, 0.25) is 0 Å². The predicted molar refractivity (Wildman–Crippen MR) is 75.8 cm³/mol. The van der Waals surface area contributed by atoms with E-state index in [2.05, 4.69) is 27.8 Å². The molecule has 0 aliphatic rings. The Morgan fingerprint density at radius 1 is 1.53 bits per heavy atom. The smallest absolute Gasteiger partial charge is 0.129 e. The van der Waals surface area contributed by atoms with Gasteiger partial charge >= 0.3 is 0 Å². The minimum absolute atomic E-state index is 0.214. The van der Waals surface area contributed by atoms with Gasteiger partial charge in [0.05, 0.1) is 10.2 Å². The maximum atomic E-state index is 9.40. The number of halogens is 1. The Kier molecular flexibility index (Phi) is 5.22. The third-order valence-corrected chi connectivity index (χ3v) is 2.74. The highest BCUT2D eigenvalue weighted by Crippen LogP contribution is 2.28. The number of allylic oxidation sites excluding steroid dienone is 2. The summed E-state index contributed by atoms with van der Waals surface area (Å²) in [6.45, 7) is 3.94. The van der Waals surface area contributed by atoms with Crippen LogP contribution >= 0.6 is 15.9 Å². The molecule has 0 spiro atoms. The van der Waals surface area contributed by atoms with E-state index in [1.54, 1.807) is 18.2 Å². The SMILES string of the molecule is CCCC(/C=C(/C)N)=Nc1ccc(O)c(Br)c1. The first-order valence-electron chi connectivity index (χ1n) is 5.52. The lowest BCUT2D eigenvalue weighted by molar-refractivity contribution is 0.472. The number of rotatable bonds is 4. The van der Waals surface area contributed by atoms with Gasteiger partial charge in [0.25, 0.3) is 0 Å². The van der Waals surface area contributed by atoms with Crippen LogP contribution in [0, 0.1) is 0 Å². The fourth-order valence-corrected chi connectivity index (χ4v) is 1.78. The molecule has 92 valence electrons. The number of aromatic hydroxyl groups is 1. The van der Waals surface area contributed by atoms with Crippen molar-refractivity contribution in [2.75, 3.05) is 0 Å². The molecule has 1 aromatic carbocycles. The Hall–Kier alpha value is -1.29. The van der Waals surface area contributed by atoms with Crippen molar-refractivity contribution in [3.05, 3.63) is 34.4 Å². The van der Waals surface area contributed by atoms with Gasteiger partial charge in [0.1, 0.15) is 5.75 Å². The van der Waals surface area contributed by atoms with Gasteiger partial charge in [-0.2, -0.15) is 0 Å². The lowest BCUT2D eigenvalue weighted by atomic mass is 10.2. The number of benzene rings is 1. The molecule has 1 aromatic rings. The highest BCUT2D eigenvalue weighted by Gasteiger charge is 2.00. The monoisotopic (exact) mass is 296 g/mol. The number of aliphatic imine (C=N–C) groups is 1. The van der Waals surface area contributed by atoms with E-state index in [9.17, 15) is 5.11 Å². The van der Waals surface area contributed by atoms with Gasteiger partial charge in [-0.3, -0.25) is 4.99 Å². The molecule has 0 unspecified atom stereocenters. The molecular weight excluding hydrogens is 280 g/mol. The Labute approximate surface area is 110 Å². The molecule has 0 saturated heterocycles. The number of hydrogen-bond acceptors (Lipinski definition) is 3. The van der Waals surface area contributed by atoms with Gasteiger partial charge in [-0.05, 0) is 53.5 Å². The van der Waals surface area contributed by atoms with Gasteiger partial charge in [0, 0.05) is 11.4 Å². The van der Waals surface area contributed by atoms with Crippen LogP contribution in [-0.4, -0.2) is 10.8 Å². The van der Waals surface area contributed by atoms with Gasteiger partial charge < -0.3 is 10.8 Å². The van der Waals surface area contributed by atoms with Crippen molar-refractivity contribution in [3.63, 3.8) is 0 Å². The third kappa shape index (κ3) is 4.61. The minimum Gasteiger partial charge on any atom is -0.507 e. The highest BCUT2D eigenvalue weighted by atomic mass is 79.9. The number of phenolic OH excluding ortho intramolecular Hbond substituents is 1. The van der Waals surface area contributed by atoms with Crippen molar-refractivity contribution in [1.29, 1.82) is 0 Å². The molecule has 0 fully saturated rings. The zero-order valence-corrected chi connectivity index (χ0v) is 11.7. The molecular formula is C13H17BrN2O. The van der Waals surface area contributed by atoms with E-state index in [1.807, 2.05) is 13.0 Å². The van der Waals surface area contributed by atoms with Crippen LogP contribution < -0.4 is 5.73 Å². The average molecular weight is 297 g/mol. The molecule has 0 bridgehead atoms. The van der Waals surface area contributed by atoms with E-state index < -0.39 is 0 Å². The molecule has 0 amide bonds. The standard InChI is InChI=1S/C13H17BrN2O/c1-3-4-10(7-9(2)15)16-11-5-6-13(17)12(14)8-11/h5-8,17H,3-4,15H2,1-2H3/b9-7-,16-10?. The van der Waals surface area contributed by atoms with Crippen molar-refractivity contribution in [2.45, 2.75) is 26.7 Å². The Balaban J connectivity index is 3.03. The predicted octanol–water partition coefficient (Wildman–Crippen LogP) is 3.89. The molecule has 0 aromatic heterocycles. The van der Waals surface area contributed by atoms with E-state index in [4.69, 9.17) is 5.73 Å². The quantitative estimate of drug-likeness (QED) is 0.828. The molecule has 3 N–H and O–H groups in total. The van der Waals surface area contributed by atoms with E-state index in [0.717, 1.165) is 29.9 Å². The third-order valence-electron chi connectivity index (χ3n) is 2.10. The first-order chi connectivity index (χ1) is 8.02. The van der Waals surface area contributed by atoms with E-state index in [1.165, 1.54) is 0 Å². The summed E-state index contributed by atoms with van der Waals surface area (Å²) in [6, 6.07) is 5.17. The van der Waals surface area contributed by atoms with E-state index >= 15 is 0 Å². The summed E-state index contributed by atoms with van der Waals surface area (Å²) in [5.74, 6) is 0.214. The van der Waals surface area contributed by atoms with Gasteiger partial charge in [0.15, 0.2) is 0 Å². The average Bonchev–Trinajstić information content (AvgIpc) is 2.23. The van der Waals surface area contributed by atoms with Crippen molar-refractivity contribution < 1.29 is 5.11 Å². The van der Waals surface area contributed by atoms with Crippen LogP contribution in [0.15, 0.2) is 39.4 Å². The molecule has 4 heteroatoms. The van der Waals surface area contributed by atoms with Crippen molar-refractivity contribution in [3.8, 4) is 5.75 Å². The number of nitrogens with two attached hydrogens (primary N) is 1. The molecule has 0 heterocycles. The summed E-state index contributed by atoms with van der Waals surface area (Å²) < 4.78 is 0.642. The summed E-state index contributed by atoms with van der Waals surface area (Å²) in [5, 5.41) is 9.40.